The first-order chi connectivity index (χ1) is 12.1. The number of hydrogen-bond donors (Lipinski definition) is 2. The summed E-state index contributed by atoms with van der Waals surface area (Å²) < 4.78 is 5.13. The first-order valence-corrected chi connectivity index (χ1v) is 7.89. The largest absolute Gasteiger partial charge is 0.497 e. The fourth-order valence-corrected chi connectivity index (χ4v) is 2.29. The predicted molar refractivity (Wildman–Crippen MR) is 99.6 cm³/mol. The number of anilines is 3. The summed E-state index contributed by atoms with van der Waals surface area (Å²) in [5, 5.41) is 6.04. The molecule has 3 rings (SSSR count). The van der Waals surface area contributed by atoms with E-state index in [1.807, 2.05) is 43.3 Å². The van der Waals surface area contributed by atoms with Gasteiger partial charge in [0.25, 0.3) is 5.91 Å². The Morgan fingerprint density at radius 1 is 1.00 bits per heavy atom. The molecule has 3 aromatic rings. The van der Waals surface area contributed by atoms with Crippen molar-refractivity contribution in [1.82, 2.24) is 4.98 Å². The van der Waals surface area contributed by atoms with Crippen LogP contribution in [0.3, 0.4) is 0 Å². The average Bonchev–Trinajstić information content (AvgIpc) is 2.65. The fourth-order valence-electron chi connectivity index (χ4n) is 2.29. The topological polar surface area (TPSA) is 63.2 Å². The first-order valence-electron chi connectivity index (χ1n) is 7.89. The molecule has 5 heteroatoms. The van der Waals surface area contributed by atoms with Crippen molar-refractivity contribution < 1.29 is 9.53 Å². The van der Waals surface area contributed by atoms with Crippen LogP contribution in [0, 0.1) is 6.92 Å². The van der Waals surface area contributed by atoms with Crippen LogP contribution in [0.2, 0.25) is 0 Å². The van der Waals surface area contributed by atoms with Gasteiger partial charge in [-0.2, -0.15) is 0 Å². The molecule has 0 saturated carbocycles. The average molecular weight is 333 g/mol. The predicted octanol–water partition coefficient (Wildman–Crippen LogP) is 4.39. The number of aromatic nitrogens is 1. The number of benzene rings is 2. The summed E-state index contributed by atoms with van der Waals surface area (Å²) in [5.74, 6) is 1.14. The van der Waals surface area contributed by atoms with Crippen LogP contribution in [-0.4, -0.2) is 18.0 Å². The third-order valence-corrected chi connectivity index (χ3v) is 3.68. The zero-order valence-corrected chi connectivity index (χ0v) is 14.1. The summed E-state index contributed by atoms with van der Waals surface area (Å²) in [5.41, 5.74) is 3.32. The highest BCUT2D eigenvalue weighted by Crippen LogP contribution is 2.18. The normalized spacial score (nSPS) is 10.2. The molecule has 0 aliphatic carbocycles. The van der Waals surface area contributed by atoms with Crippen molar-refractivity contribution in [3.8, 4) is 5.75 Å². The Morgan fingerprint density at radius 3 is 2.44 bits per heavy atom. The van der Waals surface area contributed by atoms with Gasteiger partial charge in [0.1, 0.15) is 11.6 Å². The van der Waals surface area contributed by atoms with E-state index in [4.69, 9.17) is 4.74 Å². The van der Waals surface area contributed by atoms with Gasteiger partial charge in [-0.3, -0.25) is 4.79 Å². The summed E-state index contributed by atoms with van der Waals surface area (Å²) in [7, 11) is 1.57. The van der Waals surface area contributed by atoms with E-state index in [1.165, 1.54) is 5.56 Å². The van der Waals surface area contributed by atoms with E-state index < -0.39 is 0 Å². The van der Waals surface area contributed by atoms with Crippen LogP contribution in [0.4, 0.5) is 17.2 Å². The number of pyridine rings is 1. The number of ether oxygens (including phenoxy) is 1. The molecular weight excluding hydrogens is 314 g/mol. The van der Waals surface area contributed by atoms with Gasteiger partial charge < -0.3 is 15.4 Å². The molecule has 1 aromatic heterocycles. The SMILES string of the molecule is COc1cccc(C(=O)Nc2ccc(Nc3ccc(C)cc3)nc2)c1. The second-order valence-electron chi connectivity index (χ2n) is 5.61. The Bertz CT molecular complexity index is 859. The summed E-state index contributed by atoms with van der Waals surface area (Å²) in [6, 6.07) is 18.7. The maximum atomic E-state index is 12.3. The van der Waals surface area contributed by atoms with Crippen molar-refractivity contribution in [2.75, 3.05) is 17.7 Å². The van der Waals surface area contributed by atoms with Crippen LogP contribution < -0.4 is 15.4 Å². The zero-order chi connectivity index (χ0) is 17.6. The minimum atomic E-state index is -0.208. The minimum absolute atomic E-state index is 0.208. The summed E-state index contributed by atoms with van der Waals surface area (Å²) in [6.45, 7) is 2.04. The number of carbonyl (C=O) groups excluding carboxylic acids is 1. The lowest BCUT2D eigenvalue weighted by Gasteiger charge is -2.09. The molecule has 0 fully saturated rings. The van der Waals surface area contributed by atoms with Crippen LogP contribution in [0.25, 0.3) is 0 Å². The van der Waals surface area contributed by atoms with E-state index in [9.17, 15) is 4.79 Å². The molecule has 2 aromatic carbocycles. The Kier molecular flexibility index (Phi) is 4.95. The molecule has 126 valence electrons. The number of hydrogen-bond acceptors (Lipinski definition) is 4. The molecule has 0 radical (unpaired) electrons. The van der Waals surface area contributed by atoms with Gasteiger partial charge in [-0.1, -0.05) is 23.8 Å². The van der Waals surface area contributed by atoms with Crippen LogP contribution in [0.5, 0.6) is 5.75 Å². The van der Waals surface area contributed by atoms with Gasteiger partial charge in [-0.25, -0.2) is 4.98 Å². The smallest absolute Gasteiger partial charge is 0.255 e. The van der Waals surface area contributed by atoms with Gasteiger partial charge in [-0.05, 0) is 49.4 Å². The zero-order valence-electron chi connectivity index (χ0n) is 14.1. The molecule has 25 heavy (non-hydrogen) atoms. The fraction of sp³-hybridized carbons (Fsp3) is 0.100. The summed E-state index contributed by atoms with van der Waals surface area (Å²) in [4.78, 5) is 16.6. The van der Waals surface area contributed by atoms with E-state index in [0.29, 0.717) is 22.8 Å². The van der Waals surface area contributed by atoms with Crippen molar-refractivity contribution >= 4 is 23.1 Å². The molecule has 2 N–H and O–H groups in total. The van der Waals surface area contributed by atoms with Gasteiger partial charge in [0, 0.05) is 11.3 Å². The number of amides is 1. The number of nitrogens with zero attached hydrogens (tertiary/aromatic N) is 1. The van der Waals surface area contributed by atoms with Crippen LogP contribution >= 0.6 is 0 Å². The molecule has 0 unspecified atom stereocenters. The van der Waals surface area contributed by atoms with Crippen molar-refractivity contribution in [3.63, 3.8) is 0 Å². The van der Waals surface area contributed by atoms with Crippen LogP contribution in [-0.2, 0) is 0 Å². The van der Waals surface area contributed by atoms with E-state index in [-0.39, 0.29) is 5.91 Å². The van der Waals surface area contributed by atoms with Crippen molar-refractivity contribution in [1.29, 1.82) is 0 Å². The molecule has 0 saturated heterocycles. The van der Waals surface area contributed by atoms with Gasteiger partial charge in [0.15, 0.2) is 0 Å². The number of carbonyl (C=O) groups is 1. The lowest BCUT2D eigenvalue weighted by atomic mass is 10.2. The van der Waals surface area contributed by atoms with Gasteiger partial charge >= 0.3 is 0 Å². The van der Waals surface area contributed by atoms with Crippen LogP contribution in [0.15, 0.2) is 66.9 Å². The van der Waals surface area contributed by atoms with E-state index in [2.05, 4.69) is 15.6 Å². The molecule has 1 heterocycles. The van der Waals surface area contributed by atoms with Crippen molar-refractivity contribution in [3.05, 3.63) is 78.0 Å². The Morgan fingerprint density at radius 2 is 1.76 bits per heavy atom. The molecule has 1 amide bonds. The Balaban J connectivity index is 1.65. The van der Waals surface area contributed by atoms with Crippen molar-refractivity contribution in [2.24, 2.45) is 0 Å². The van der Waals surface area contributed by atoms with E-state index in [0.717, 1.165) is 5.69 Å². The highest BCUT2D eigenvalue weighted by molar-refractivity contribution is 6.04. The monoisotopic (exact) mass is 333 g/mol. The van der Waals surface area contributed by atoms with E-state index >= 15 is 0 Å². The molecule has 0 atom stereocenters. The maximum absolute atomic E-state index is 12.3. The number of methoxy groups -OCH3 is 1. The third kappa shape index (κ3) is 4.35. The maximum Gasteiger partial charge on any atom is 0.255 e. The lowest BCUT2D eigenvalue weighted by Crippen LogP contribution is -2.12. The standard InChI is InChI=1S/C20H19N3O2/c1-14-6-8-16(9-7-14)22-19-11-10-17(13-21-19)23-20(24)15-4-3-5-18(12-15)25-2/h3-13H,1-2H3,(H,21,22)(H,23,24). The lowest BCUT2D eigenvalue weighted by molar-refractivity contribution is 0.102. The number of aryl methyl sites for hydroxylation is 1. The quantitative estimate of drug-likeness (QED) is 0.727. The molecule has 0 aliphatic heterocycles. The Hall–Kier alpha value is -3.34. The molecule has 0 aliphatic rings. The first kappa shape index (κ1) is 16.5. The summed E-state index contributed by atoms with van der Waals surface area (Å²) >= 11 is 0. The summed E-state index contributed by atoms with van der Waals surface area (Å²) in [6.07, 6.45) is 1.62. The number of rotatable bonds is 5. The van der Waals surface area contributed by atoms with Crippen molar-refractivity contribution in [2.45, 2.75) is 6.92 Å². The minimum Gasteiger partial charge on any atom is -0.497 e. The van der Waals surface area contributed by atoms with Gasteiger partial charge in [0.2, 0.25) is 0 Å². The van der Waals surface area contributed by atoms with Gasteiger partial charge in [-0.15, -0.1) is 0 Å². The molecule has 0 spiro atoms. The molecule has 5 nitrogen and oxygen atoms in total. The van der Waals surface area contributed by atoms with Gasteiger partial charge in [0.05, 0.1) is 19.0 Å². The Labute approximate surface area is 146 Å². The highest BCUT2D eigenvalue weighted by Gasteiger charge is 2.07. The highest BCUT2D eigenvalue weighted by atomic mass is 16.5. The number of nitrogens with one attached hydrogen (secondary N) is 2. The second-order valence-corrected chi connectivity index (χ2v) is 5.61. The van der Waals surface area contributed by atoms with E-state index in [1.54, 1.807) is 37.6 Å². The third-order valence-electron chi connectivity index (χ3n) is 3.68. The molecular formula is C20H19N3O2. The molecule has 0 bridgehead atoms. The second kappa shape index (κ2) is 7.49. The van der Waals surface area contributed by atoms with Crippen LogP contribution in [0.1, 0.15) is 15.9 Å².